The smallest absolute Gasteiger partial charge is 0.160 e. The van der Waals surface area contributed by atoms with Gasteiger partial charge in [-0.3, -0.25) is 0 Å². The van der Waals surface area contributed by atoms with E-state index in [4.69, 9.17) is 14.7 Å². The van der Waals surface area contributed by atoms with E-state index in [0.29, 0.717) is 11.4 Å². The van der Waals surface area contributed by atoms with Crippen LogP contribution in [0.2, 0.25) is 0 Å². The van der Waals surface area contributed by atoms with Crippen LogP contribution in [0.3, 0.4) is 0 Å². The van der Waals surface area contributed by atoms with Gasteiger partial charge in [0.1, 0.15) is 11.5 Å². The second-order valence-corrected chi connectivity index (χ2v) is 16.0. The van der Waals surface area contributed by atoms with Crippen LogP contribution < -0.4 is 4.74 Å². The average molecular weight is 790 g/mol. The zero-order valence-electron chi connectivity index (χ0n) is 33.5. The molecule has 4 nitrogen and oxygen atoms in total. The van der Waals surface area contributed by atoms with E-state index < -0.39 is 5.41 Å². The van der Waals surface area contributed by atoms with Crippen LogP contribution in [0.15, 0.2) is 212 Å². The average Bonchev–Trinajstić information content (AvgIpc) is 3.63. The molecular formula is C58H35N3O. The third kappa shape index (κ3) is 5.46. The molecule has 0 atom stereocenters. The number of nitriles is 1. The van der Waals surface area contributed by atoms with Crippen LogP contribution in [0.5, 0.6) is 11.5 Å². The van der Waals surface area contributed by atoms with E-state index in [1.807, 2.05) is 60.7 Å². The molecule has 4 heteroatoms. The third-order valence-electron chi connectivity index (χ3n) is 12.6. The van der Waals surface area contributed by atoms with Crippen molar-refractivity contribution in [1.82, 2.24) is 9.97 Å². The van der Waals surface area contributed by atoms with Crippen LogP contribution in [-0.2, 0) is 5.41 Å². The van der Waals surface area contributed by atoms with Gasteiger partial charge in [-0.2, -0.15) is 5.26 Å². The van der Waals surface area contributed by atoms with Crippen LogP contribution in [0.25, 0.3) is 78.1 Å². The molecular weight excluding hydrogens is 755 g/mol. The van der Waals surface area contributed by atoms with Gasteiger partial charge in [0.25, 0.3) is 0 Å². The first-order chi connectivity index (χ1) is 30.7. The molecule has 1 aliphatic carbocycles. The van der Waals surface area contributed by atoms with Crippen molar-refractivity contribution in [3.63, 3.8) is 0 Å². The van der Waals surface area contributed by atoms with E-state index in [-0.39, 0.29) is 0 Å². The first-order valence-corrected chi connectivity index (χ1v) is 20.9. The zero-order chi connectivity index (χ0) is 41.2. The maximum Gasteiger partial charge on any atom is 0.160 e. The lowest BCUT2D eigenvalue weighted by Crippen LogP contribution is -2.32. The summed E-state index contributed by atoms with van der Waals surface area (Å²) < 4.78 is 6.71. The molecule has 0 radical (unpaired) electrons. The Morgan fingerprint density at radius 3 is 1.52 bits per heavy atom. The van der Waals surface area contributed by atoms with Crippen molar-refractivity contribution in [2.24, 2.45) is 0 Å². The molecule has 0 saturated carbocycles. The van der Waals surface area contributed by atoms with Gasteiger partial charge in [0.2, 0.25) is 0 Å². The summed E-state index contributed by atoms with van der Waals surface area (Å²) in [7, 11) is 0. The third-order valence-corrected chi connectivity index (χ3v) is 12.6. The minimum Gasteiger partial charge on any atom is -0.457 e. The molecule has 0 bridgehead atoms. The van der Waals surface area contributed by atoms with Gasteiger partial charge in [0.05, 0.1) is 28.4 Å². The van der Waals surface area contributed by atoms with Crippen molar-refractivity contribution in [1.29, 1.82) is 5.26 Å². The van der Waals surface area contributed by atoms with Crippen molar-refractivity contribution in [2.75, 3.05) is 0 Å². The fourth-order valence-electron chi connectivity index (χ4n) is 9.82. The van der Waals surface area contributed by atoms with E-state index in [2.05, 4.69) is 158 Å². The number of hydrogen-bond acceptors (Lipinski definition) is 4. The van der Waals surface area contributed by atoms with Gasteiger partial charge in [-0.1, -0.05) is 170 Å². The highest BCUT2D eigenvalue weighted by Gasteiger charge is 2.51. The van der Waals surface area contributed by atoms with Crippen molar-refractivity contribution in [3.8, 4) is 84.9 Å². The summed E-state index contributed by atoms with van der Waals surface area (Å²) in [4.78, 5) is 10.3. The molecule has 0 amide bonds. The molecule has 1 aromatic heterocycles. The van der Waals surface area contributed by atoms with Gasteiger partial charge in [0.15, 0.2) is 5.82 Å². The maximum atomic E-state index is 9.99. The topological polar surface area (TPSA) is 58.8 Å². The normalized spacial score (nSPS) is 12.8. The minimum atomic E-state index is -0.681. The lowest BCUT2D eigenvalue weighted by atomic mass is 9.65. The quantitative estimate of drug-likeness (QED) is 0.174. The van der Waals surface area contributed by atoms with Crippen molar-refractivity contribution >= 4 is 10.8 Å². The van der Waals surface area contributed by atoms with Gasteiger partial charge in [-0.25, -0.2) is 9.97 Å². The van der Waals surface area contributed by atoms with Crippen LogP contribution in [0.1, 0.15) is 27.8 Å². The highest BCUT2D eigenvalue weighted by Crippen LogP contribution is 2.63. The summed E-state index contributed by atoms with van der Waals surface area (Å²) in [5, 5.41) is 12.0. The molecule has 12 rings (SSSR count). The molecule has 10 aromatic rings. The molecule has 62 heavy (non-hydrogen) atoms. The van der Waals surface area contributed by atoms with Crippen molar-refractivity contribution < 1.29 is 4.74 Å². The molecule has 288 valence electrons. The van der Waals surface area contributed by atoms with E-state index in [0.717, 1.165) is 83.7 Å². The Labute approximate surface area is 359 Å². The second kappa shape index (κ2) is 14.1. The molecule has 9 aromatic carbocycles. The van der Waals surface area contributed by atoms with Crippen molar-refractivity contribution in [3.05, 3.63) is 240 Å². The maximum absolute atomic E-state index is 9.99. The molecule has 0 saturated heterocycles. The second-order valence-electron chi connectivity index (χ2n) is 16.0. The predicted molar refractivity (Wildman–Crippen MR) is 249 cm³/mol. The van der Waals surface area contributed by atoms with E-state index in [9.17, 15) is 5.26 Å². The minimum absolute atomic E-state index is 0.672. The Kier molecular flexibility index (Phi) is 8.10. The largest absolute Gasteiger partial charge is 0.457 e. The summed E-state index contributed by atoms with van der Waals surface area (Å²) in [6, 6.07) is 76.7. The number of aromatic nitrogens is 2. The number of nitrogens with zero attached hydrogens (tertiary/aromatic N) is 3. The zero-order valence-corrected chi connectivity index (χ0v) is 33.5. The Balaban J connectivity index is 1.06. The van der Waals surface area contributed by atoms with E-state index in [1.54, 1.807) is 0 Å². The Hall–Kier alpha value is -8.39. The van der Waals surface area contributed by atoms with E-state index in [1.165, 1.54) is 22.3 Å². The van der Waals surface area contributed by atoms with Gasteiger partial charge in [-0.15, -0.1) is 0 Å². The standard InChI is InChI=1S/C58H35N3O/c59-36-43-28-29-45(46-21-8-7-20-44(43)46)41-27-31-48-47-30-26-40(33-51(47)58(52(48)34-41)49-22-9-11-24-55(49)62-56-25-12-10-23-50(56)58)39-18-13-19-42(32-39)57-60-53(37-14-3-1-4-15-37)35-54(61-57)38-16-5-2-6-17-38/h1-35H. The van der Waals surface area contributed by atoms with Crippen LogP contribution >= 0.6 is 0 Å². The molecule has 0 fully saturated rings. The molecule has 0 N–H and O–H groups in total. The number of para-hydroxylation sites is 2. The fraction of sp³-hybridized carbons (Fsp3) is 0.0172. The van der Waals surface area contributed by atoms with Gasteiger partial charge in [-0.05, 0) is 92.4 Å². The summed E-state index contributed by atoms with van der Waals surface area (Å²) in [6.45, 7) is 0. The lowest BCUT2D eigenvalue weighted by molar-refractivity contribution is 0.436. The van der Waals surface area contributed by atoms with Crippen molar-refractivity contribution in [2.45, 2.75) is 5.41 Å². The summed E-state index contributed by atoms with van der Waals surface area (Å²) >= 11 is 0. The Bertz CT molecular complexity index is 3360. The number of fused-ring (bicyclic) bond motifs is 10. The first kappa shape index (κ1) is 35.5. The van der Waals surface area contributed by atoms with Gasteiger partial charge in [0, 0.05) is 33.2 Å². The summed E-state index contributed by atoms with van der Waals surface area (Å²) in [5.41, 5.74) is 16.1. The lowest BCUT2D eigenvalue weighted by Gasteiger charge is -2.39. The molecule has 1 aliphatic heterocycles. The number of benzene rings is 9. The van der Waals surface area contributed by atoms with Crippen LogP contribution in [-0.4, -0.2) is 9.97 Å². The van der Waals surface area contributed by atoms with Crippen LogP contribution in [0.4, 0.5) is 0 Å². The molecule has 2 aliphatic rings. The predicted octanol–water partition coefficient (Wildman–Crippen LogP) is 14.3. The summed E-state index contributed by atoms with van der Waals surface area (Å²) in [5.74, 6) is 2.36. The molecule has 1 spiro atoms. The highest BCUT2D eigenvalue weighted by atomic mass is 16.5. The highest BCUT2D eigenvalue weighted by molar-refractivity contribution is 6.01. The van der Waals surface area contributed by atoms with Crippen LogP contribution in [0, 0.1) is 11.3 Å². The molecule has 0 unspecified atom stereocenters. The Morgan fingerprint density at radius 1 is 0.371 bits per heavy atom. The van der Waals surface area contributed by atoms with Gasteiger partial charge < -0.3 is 4.74 Å². The molecule has 2 heterocycles. The number of rotatable bonds is 5. The SMILES string of the molecule is N#Cc1ccc(-c2ccc3c(c2)C2(c4ccccc4Oc4ccccc42)c2cc(-c4cccc(-c5nc(-c6ccccc6)cc(-c6ccccc6)n5)c4)ccc2-3)c2ccccc12. The fourth-order valence-corrected chi connectivity index (χ4v) is 9.82. The Morgan fingerprint density at radius 2 is 0.871 bits per heavy atom. The number of hydrogen-bond donors (Lipinski definition) is 0. The number of ether oxygens (including phenoxy) is 1. The van der Waals surface area contributed by atoms with Gasteiger partial charge >= 0.3 is 0 Å². The van der Waals surface area contributed by atoms with E-state index >= 15 is 0 Å². The first-order valence-electron chi connectivity index (χ1n) is 20.9. The monoisotopic (exact) mass is 789 g/mol. The summed E-state index contributed by atoms with van der Waals surface area (Å²) in [6.07, 6.45) is 0.